The monoisotopic (exact) mass is 246 g/mol. The Morgan fingerprint density at radius 3 is 2.47 bits per heavy atom. The van der Waals surface area contributed by atoms with Gasteiger partial charge in [0.1, 0.15) is 0 Å². The Kier molecular flexibility index (Phi) is 13.8. The zero-order chi connectivity index (χ0) is 12.8. The van der Waals surface area contributed by atoms with Gasteiger partial charge >= 0.3 is 0 Å². The highest BCUT2D eigenvalue weighted by molar-refractivity contribution is 4.56. The van der Waals surface area contributed by atoms with Crippen LogP contribution in [0.25, 0.3) is 0 Å². The van der Waals surface area contributed by atoms with Gasteiger partial charge in [-0.2, -0.15) is 0 Å². The summed E-state index contributed by atoms with van der Waals surface area (Å²) in [6, 6.07) is 0. The van der Waals surface area contributed by atoms with Crippen molar-refractivity contribution in [3.05, 3.63) is 0 Å². The van der Waals surface area contributed by atoms with E-state index in [-0.39, 0.29) is 0 Å². The molecule has 0 heterocycles. The Morgan fingerprint density at radius 1 is 1.00 bits per heavy atom. The molecule has 4 nitrogen and oxygen atoms in total. The molecule has 0 amide bonds. The smallest absolute Gasteiger partial charge is 0.0590 e. The van der Waals surface area contributed by atoms with Gasteiger partial charge in [0.25, 0.3) is 0 Å². The van der Waals surface area contributed by atoms with Gasteiger partial charge in [-0.15, -0.1) is 0 Å². The second-order valence-electron chi connectivity index (χ2n) is 4.14. The lowest BCUT2D eigenvalue weighted by molar-refractivity contribution is 0.104. The molecule has 0 fully saturated rings. The lowest BCUT2D eigenvalue weighted by Gasteiger charge is -2.19. The van der Waals surface area contributed by atoms with E-state index in [2.05, 4.69) is 24.1 Å². The van der Waals surface area contributed by atoms with E-state index in [1.54, 1.807) is 7.11 Å². The number of likely N-dealkylation sites (N-methyl/N-ethyl adjacent to an activating group) is 1. The van der Waals surface area contributed by atoms with Crippen LogP contribution < -0.4 is 5.32 Å². The minimum absolute atomic E-state index is 0.788. The first-order chi connectivity index (χ1) is 8.35. The summed E-state index contributed by atoms with van der Waals surface area (Å²) in [6.45, 7) is 12.3. The van der Waals surface area contributed by atoms with E-state index in [9.17, 15) is 0 Å². The molecule has 0 aliphatic rings. The minimum Gasteiger partial charge on any atom is -0.385 e. The number of nitrogens with one attached hydrogen (secondary N) is 1. The zero-order valence-corrected chi connectivity index (χ0v) is 11.8. The number of hydrogen-bond acceptors (Lipinski definition) is 4. The fraction of sp³-hybridized carbons (Fsp3) is 1.00. The first kappa shape index (κ1) is 16.8. The van der Waals surface area contributed by atoms with Gasteiger partial charge in [0, 0.05) is 40.0 Å². The first-order valence-electron chi connectivity index (χ1n) is 6.84. The quantitative estimate of drug-likeness (QED) is 0.498. The summed E-state index contributed by atoms with van der Waals surface area (Å²) in [5.74, 6) is 0. The molecule has 1 N–H and O–H groups in total. The molecule has 0 aromatic rings. The first-order valence-corrected chi connectivity index (χ1v) is 6.84. The molecule has 17 heavy (non-hydrogen) atoms. The summed E-state index contributed by atoms with van der Waals surface area (Å²) in [5, 5.41) is 3.40. The fourth-order valence-electron chi connectivity index (χ4n) is 1.66. The van der Waals surface area contributed by atoms with E-state index in [1.807, 2.05) is 0 Å². The second kappa shape index (κ2) is 13.9. The van der Waals surface area contributed by atoms with Gasteiger partial charge < -0.3 is 19.7 Å². The van der Waals surface area contributed by atoms with Crippen molar-refractivity contribution >= 4 is 0 Å². The third kappa shape index (κ3) is 12.1. The summed E-state index contributed by atoms with van der Waals surface area (Å²) in [5.41, 5.74) is 0. The molecule has 0 unspecified atom stereocenters. The summed E-state index contributed by atoms with van der Waals surface area (Å²) < 4.78 is 10.4. The maximum Gasteiger partial charge on any atom is 0.0590 e. The van der Waals surface area contributed by atoms with Crippen LogP contribution in [0.3, 0.4) is 0 Å². The fourth-order valence-corrected chi connectivity index (χ4v) is 1.66. The Bertz CT molecular complexity index is 145. The van der Waals surface area contributed by atoms with E-state index in [0.29, 0.717) is 0 Å². The van der Waals surface area contributed by atoms with Crippen LogP contribution in [0.1, 0.15) is 26.7 Å². The predicted octanol–water partition coefficient (Wildman–Crippen LogP) is 1.36. The highest BCUT2D eigenvalue weighted by Gasteiger charge is 1.99. The maximum atomic E-state index is 5.46. The Hall–Kier alpha value is -0.160. The number of rotatable bonds is 13. The SMILES string of the molecule is CCCN(CC)CCNCCOCCCOC. The number of nitrogens with zero attached hydrogens (tertiary/aromatic N) is 1. The topological polar surface area (TPSA) is 33.7 Å². The van der Waals surface area contributed by atoms with E-state index in [4.69, 9.17) is 9.47 Å². The average molecular weight is 246 g/mol. The van der Waals surface area contributed by atoms with Crippen molar-refractivity contribution in [1.82, 2.24) is 10.2 Å². The Labute approximate surface area is 107 Å². The molecule has 4 heteroatoms. The predicted molar refractivity (Wildman–Crippen MR) is 72.6 cm³/mol. The molecule has 0 atom stereocenters. The Morgan fingerprint density at radius 2 is 1.82 bits per heavy atom. The van der Waals surface area contributed by atoms with E-state index in [0.717, 1.165) is 52.4 Å². The standard InChI is InChI=1S/C13H30N2O2/c1-4-9-15(5-2)10-7-14-8-13-17-12-6-11-16-3/h14H,4-13H2,1-3H3. The van der Waals surface area contributed by atoms with Gasteiger partial charge in [-0.25, -0.2) is 0 Å². The van der Waals surface area contributed by atoms with Crippen molar-refractivity contribution in [2.75, 3.05) is 59.7 Å². The van der Waals surface area contributed by atoms with Crippen LogP contribution in [0.5, 0.6) is 0 Å². The molecule has 0 aromatic heterocycles. The van der Waals surface area contributed by atoms with Crippen molar-refractivity contribution in [2.24, 2.45) is 0 Å². The molecule has 104 valence electrons. The van der Waals surface area contributed by atoms with Crippen molar-refractivity contribution in [3.8, 4) is 0 Å². The van der Waals surface area contributed by atoms with E-state index >= 15 is 0 Å². The van der Waals surface area contributed by atoms with Crippen LogP contribution in [-0.4, -0.2) is 64.6 Å². The molecule has 0 rings (SSSR count). The summed E-state index contributed by atoms with van der Waals surface area (Å²) in [6.07, 6.45) is 2.22. The van der Waals surface area contributed by atoms with Gasteiger partial charge in [0.05, 0.1) is 6.61 Å². The highest BCUT2D eigenvalue weighted by Crippen LogP contribution is 1.89. The second-order valence-corrected chi connectivity index (χ2v) is 4.14. The summed E-state index contributed by atoms with van der Waals surface area (Å²) >= 11 is 0. The molecule has 0 bridgehead atoms. The molecular formula is C13H30N2O2. The van der Waals surface area contributed by atoms with Gasteiger partial charge in [-0.3, -0.25) is 0 Å². The zero-order valence-electron chi connectivity index (χ0n) is 11.8. The van der Waals surface area contributed by atoms with Gasteiger partial charge in [0.15, 0.2) is 0 Å². The van der Waals surface area contributed by atoms with Crippen LogP contribution in [0.2, 0.25) is 0 Å². The third-order valence-corrected chi connectivity index (χ3v) is 2.65. The molecular weight excluding hydrogens is 216 g/mol. The number of hydrogen-bond donors (Lipinski definition) is 1. The van der Waals surface area contributed by atoms with Crippen LogP contribution in [0, 0.1) is 0 Å². The van der Waals surface area contributed by atoms with Crippen LogP contribution in [-0.2, 0) is 9.47 Å². The van der Waals surface area contributed by atoms with E-state index in [1.165, 1.54) is 13.0 Å². The molecule has 0 aliphatic carbocycles. The molecule has 0 radical (unpaired) electrons. The van der Waals surface area contributed by atoms with Crippen LogP contribution in [0.4, 0.5) is 0 Å². The molecule has 0 saturated carbocycles. The third-order valence-electron chi connectivity index (χ3n) is 2.65. The molecule has 0 saturated heterocycles. The van der Waals surface area contributed by atoms with Crippen molar-refractivity contribution in [3.63, 3.8) is 0 Å². The summed E-state index contributed by atoms with van der Waals surface area (Å²) in [7, 11) is 1.72. The maximum absolute atomic E-state index is 5.46. The number of ether oxygens (including phenoxy) is 2. The lowest BCUT2D eigenvalue weighted by atomic mass is 10.4. The van der Waals surface area contributed by atoms with Crippen LogP contribution >= 0.6 is 0 Å². The van der Waals surface area contributed by atoms with Crippen molar-refractivity contribution in [1.29, 1.82) is 0 Å². The highest BCUT2D eigenvalue weighted by atomic mass is 16.5. The van der Waals surface area contributed by atoms with E-state index < -0.39 is 0 Å². The Balaban J connectivity index is 3.11. The van der Waals surface area contributed by atoms with Crippen molar-refractivity contribution in [2.45, 2.75) is 26.7 Å². The van der Waals surface area contributed by atoms with Crippen LogP contribution in [0.15, 0.2) is 0 Å². The number of methoxy groups -OCH3 is 1. The van der Waals surface area contributed by atoms with Gasteiger partial charge in [-0.05, 0) is 25.9 Å². The lowest BCUT2D eigenvalue weighted by Crippen LogP contribution is -2.33. The minimum atomic E-state index is 0.788. The molecule has 0 spiro atoms. The molecule has 0 aromatic carbocycles. The van der Waals surface area contributed by atoms with Gasteiger partial charge in [0.2, 0.25) is 0 Å². The normalized spacial score (nSPS) is 11.3. The average Bonchev–Trinajstić information content (AvgIpc) is 2.35. The largest absolute Gasteiger partial charge is 0.385 e. The summed E-state index contributed by atoms with van der Waals surface area (Å²) in [4.78, 5) is 2.46. The van der Waals surface area contributed by atoms with Gasteiger partial charge in [-0.1, -0.05) is 13.8 Å². The molecule has 0 aliphatic heterocycles. The van der Waals surface area contributed by atoms with Crippen molar-refractivity contribution < 1.29 is 9.47 Å².